The van der Waals surface area contributed by atoms with Crippen molar-refractivity contribution in [2.75, 3.05) is 46.5 Å². The Morgan fingerprint density at radius 2 is 2.14 bits per heavy atom. The van der Waals surface area contributed by atoms with E-state index in [4.69, 9.17) is 9.47 Å². The van der Waals surface area contributed by atoms with Gasteiger partial charge in [-0.15, -0.1) is 0 Å². The summed E-state index contributed by atoms with van der Waals surface area (Å²) in [6.07, 6.45) is 6.28. The van der Waals surface area contributed by atoms with Gasteiger partial charge in [0.15, 0.2) is 0 Å². The largest absolute Gasteiger partial charge is 0.466 e. The second-order valence-electron chi connectivity index (χ2n) is 5.70. The Labute approximate surface area is 129 Å². The van der Waals surface area contributed by atoms with Crippen molar-refractivity contribution in [2.24, 2.45) is 0 Å². The number of nitrogens with zero attached hydrogens (tertiary/aromatic N) is 1. The normalized spacial score (nSPS) is 18.3. The number of carbonyl (C=O) groups is 1. The van der Waals surface area contributed by atoms with Crippen LogP contribution in [0.4, 0.5) is 0 Å². The van der Waals surface area contributed by atoms with E-state index >= 15 is 0 Å². The van der Waals surface area contributed by atoms with Crippen LogP contribution in [0.1, 0.15) is 45.4 Å². The maximum Gasteiger partial charge on any atom is 0.305 e. The summed E-state index contributed by atoms with van der Waals surface area (Å²) in [6.45, 7) is 7.47. The molecule has 0 aromatic heterocycles. The first kappa shape index (κ1) is 18.4. The zero-order valence-corrected chi connectivity index (χ0v) is 13.7. The first-order valence-corrected chi connectivity index (χ1v) is 8.36. The lowest BCUT2D eigenvalue weighted by Crippen LogP contribution is -2.39. The summed E-state index contributed by atoms with van der Waals surface area (Å²) in [4.78, 5) is 13.7. The Morgan fingerprint density at radius 3 is 2.81 bits per heavy atom. The van der Waals surface area contributed by atoms with Gasteiger partial charge in [0.2, 0.25) is 0 Å². The van der Waals surface area contributed by atoms with Crippen molar-refractivity contribution in [3.8, 4) is 0 Å². The van der Waals surface area contributed by atoms with Crippen molar-refractivity contribution in [2.45, 2.75) is 51.5 Å². The molecule has 1 atom stereocenters. The number of rotatable bonds is 12. The highest BCUT2D eigenvalue weighted by Crippen LogP contribution is 2.09. The molecule has 0 spiro atoms. The number of nitrogens with one attached hydrogen (secondary N) is 1. The van der Waals surface area contributed by atoms with Gasteiger partial charge in [-0.3, -0.25) is 9.69 Å². The van der Waals surface area contributed by atoms with Crippen LogP contribution in [0.2, 0.25) is 0 Å². The number of hydrogen-bond donors (Lipinski definition) is 1. The van der Waals surface area contributed by atoms with Gasteiger partial charge in [0.1, 0.15) is 0 Å². The molecule has 0 bridgehead atoms. The molecule has 124 valence electrons. The van der Waals surface area contributed by atoms with Gasteiger partial charge in [-0.05, 0) is 45.7 Å². The second kappa shape index (κ2) is 12.0. The maximum absolute atomic E-state index is 11.3. The molecule has 0 amide bonds. The van der Waals surface area contributed by atoms with E-state index in [1.54, 1.807) is 7.11 Å². The number of carbonyl (C=O) groups excluding carboxylic acids is 1. The van der Waals surface area contributed by atoms with E-state index in [1.165, 1.54) is 12.8 Å². The van der Waals surface area contributed by atoms with Crippen molar-refractivity contribution >= 4 is 5.97 Å². The molecule has 1 aliphatic heterocycles. The van der Waals surface area contributed by atoms with Crippen LogP contribution in [0.25, 0.3) is 0 Å². The first-order chi connectivity index (χ1) is 10.3. The molecular weight excluding hydrogens is 268 g/mol. The standard InChI is InChI=1S/C16H32N2O3/c1-3-21-16(19)9-5-4-6-11-18(12-13-20-2)14-15-8-7-10-17-15/h15,17H,3-14H2,1-2H3. The molecule has 1 saturated heterocycles. The minimum atomic E-state index is -0.0658. The third-order valence-corrected chi connectivity index (χ3v) is 3.91. The van der Waals surface area contributed by atoms with Gasteiger partial charge in [0.25, 0.3) is 0 Å². The number of unbranched alkanes of at least 4 members (excludes halogenated alkanes) is 2. The fourth-order valence-electron chi connectivity index (χ4n) is 2.75. The summed E-state index contributed by atoms with van der Waals surface area (Å²) in [6, 6.07) is 0.640. The van der Waals surface area contributed by atoms with Crippen molar-refractivity contribution in [1.29, 1.82) is 0 Å². The molecular formula is C16H32N2O3. The molecule has 0 aromatic carbocycles. The summed E-state index contributed by atoms with van der Waals surface area (Å²) in [5.74, 6) is -0.0658. The van der Waals surface area contributed by atoms with E-state index in [0.29, 0.717) is 19.1 Å². The first-order valence-electron chi connectivity index (χ1n) is 8.36. The molecule has 1 rings (SSSR count). The second-order valence-corrected chi connectivity index (χ2v) is 5.70. The van der Waals surface area contributed by atoms with Gasteiger partial charge in [-0.1, -0.05) is 6.42 Å². The molecule has 21 heavy (non-hydrogen) atoms. The molecule has 1 N–H and O–H groups in total. The van der Waals surface area contributed by atoms with Gasteiger partial charge < -0.3 is 14.8 Å². The highest BCUT2D eigenvalue weighted by Gasteiger charge is 2.17. The average molecular weight is 300 g/mol. The zero-order valence-electron chi connectivity index (χ0n) is 13.7. The smallest absolute Gasteiger partial charge is 0.305 e. The van der Waals surface area contributed by atoms with Gasteiger partial charge in [-0.2, -0.15) is 0 Å². The van der Waals surface area contributed by atoms with E-state index < -0.39 is 0 Å². The average Bonchev–Trinajstić information content (AvgIpc) is 2.97. The van der Waals surface area contributed by atoms with E-state index in [9.17, 15) is 4.79 Å². The van der Waals surface area contributed by atoms with E-state index in [2.05, 4.69) is 10.2 Å². The number of methoxy groups -OCH3 is 1. The summed E-state index contributed by atoms with van der Waals surface area (Å²) >= 11 is 0. The molecule has 1 unspecified atom stereocenters. The van der Waals surface area contributed by atoms with Crippen LogP contribution >= 0.6 is 0 Å². The Balaban J connectivity index is 2.11. The molecule has 1 fully saturated rings. The Bertz CT molecular complexity index is 268. The molecule has 0 saturated carbocycles. The van der Waals surface area contributed by atoms with Crippen LogP contribution in [0.3, 0.4) is 0 Å². The molecule has 5 heteroatoms. The van der Waals surface area contributed by atoms with Crippen LogP contribution in [-0.4, -0.2) is 63.4 Å². The monoisotopic (exact) mass is 300 g/mol. The van der Waals surface area contributed by atoms with Crippen LogP contribution < -0.4 is 5.32 Å². The molecule has 1 aliphatic rings. The highest BCUT2D eigenvalue weighted by molar-refractivity contribution is 5.69. The predicted octanol–water partition coefficient (Wildman–Crippen LogP) is 1.81. The lowest BCUT2D eigenvalue weighted by Gasteiger charge is -2.25. The molecule has 5 nitrogen and oxygen atoms in total. The predicted molar refractivity (Wildman–Crippen MR) is 84.4 cm³/mol. The van der Waals surface area contributed by atoms with Crippen molar-refractivity contribution in [3.05, 3.63) is 0 Å². The molecule has 1 heterocycles. The number of hydrogen-bond acceptors (Lipinski definition) is 5. The van der Waals surface area contributed by atoms with Crippen LogP contribution in [-0.2, 0) is 14.3 Å². The summed E-state index contributed by atoms with van der Waals surface area (Å²) < 4.78 is 10.1. The van der Waals surface area contributed by atoms with Gasteiger partial charge in [0.05, 0.1) is 13.2 Å². The van der Waals surface area contributed by atoms with Gasteiger partial charge in [0, 0.05) is 32.7 Å². The molecule has 0 radical (unpaired) electrons. The van der Waals surface area contributed by atoms with E-state index in [1.807, 2.05) is 6.92 Å². The van der Waals surface area contributed by atoms with Gasteiger partial charge in [-0.25, -0.2) is 0 Å². The van der Waals surface area contributed by atoms with Gasteiger partial charge >= 0.3 is 5.97 Å². The lowest BCUT2D eigenvalue weighted by atomic mass is 10.1. The molecule has 0 aliphatic carbocycles. The Hall–Kier alpha value is -0.650. The number of ether oxygens (including phenoxy) is 2. The van der Waals surface area contributed by atoms with Crippen molar-refractivity contribution < 1.29 is 14.3 Å². The topological polar surface area (TPSA) is 50.8 Å². The highest BCUT2D eigenvalue weighted by atomic mass is 16.5. The Kier molecular flexibility index (Phi) is 10.5. The SMILES string of the molecule is CCOC(=O)CCCCCN(CCOC)CC1CCCN1. The third kappa shape index (κ3) is 9.06. The summed E-state index contributed by atoms with van der Waals surface area (Å²) in [5, 5.41) is 3.55. The Morgan fingerprint density at radius 1 is 1.29 bits per heavy atom. The fourth-order valence-corrected chi connectivity index (χ4v) is 2.75. The van der Waals surface area contributed by atoms with E-state index in [-0.39, 0.29) is 5.97 Å². The van der Waals surface area contributed by atoms with E-state index in [0.717, 1.165) is 52.0 Å². The van der Waals surface area contributed by atoms with Crippen LogP contribution in [0.15, 0.2) is 0 Å². The molecule has 0 aromatic rings. The zero-order chi connectivity index (χ0) is 15.3. The third-order valence-electron chi connectivity index (χ3n) is 3.91. The summed E-state index contributed by atoms with van der Waals surface area (Å²) in [7, 11) is 1.76. The minimum absolute atomic E-state index is 0.0658. The van der Waals surface area contributed by atoms with Crippen LogP contribution in [0, 0.1) is 0 Å². The quantitative estimate of drug-likeness (QED) is 0.440. The summed E-state index contributed by atoms with van der Waals surface area (Å²) in [5.41, 5.74) is 0. The maximum atomic E-state index is 11.3. The van der Waals surface area contributed by atoms with Crippen LogP contribution in [0.5, 0.6) is 0 Å². The number of esters is 1. The van der Waals surface area contributed by atoms with Crippen molar-refractivity contribution in [1.82, 2.24) is 10.2 Å². The lowest BCUT2D eigenvalue weighted by molar-refractivity contribution is -0.143. The fraction of sp³-hybridized carbons (Fsp3) is 0.938. The minimum Gasteiger partial charge on any atom is -0.466 e. The van der Waals surface area contributed by atoms with Crippen molar-refractivity contribution in [3.63, 3.8) is 0 Å².